The second kappa shape index (κ2) is 10.1. The second-order valence-electron chi connectivity index (χ2n) is 9.88. The van der Waals surface area contributed by atoms with Crippen LogP contribution in [0.15, 0.2) is 86.1 Å². The van der Waals surface area contributed by atoms with Gasteiger partial charge in [0, 0.05) is 35.9 Å². The number of aryl methyl sites for hydroxylation is 1. The maximum absolute atomic E-state index is 12.2. The summed E-state index contributed by atoms with van der Waals surface area (Å²) in [4.78, 5) is 29.3. The number of fused-ring (bicyclic) bond motifs is 3. The van der Waals surface area contributed by atoms with Crippen molar-refractivity contribution >= 4 is 44.6 Å². The van der Waals surface area contributed by atoms with Crippen LogP contribution in [0.4, 0.5) is 11.5 Å². The number of nitrogens with one attached hydrogen (secondary N) is 1. The van der Waals surface area contributed by atoms with E-state index in [-0.39, 0.29) is 5.91 Å². The molecule has 2 aromatic carbocycles. The number of carbonyl (C=O) groups is 1. The summed E-state index contributed by atoms with van der Waals surface area (Å²) in [5.41, 5.74) is 6.16. The van der Waals surface area contributed by atoms with Gasteiger partial charge in [-0.05, 0) is 78.1 Å². The molecule has 0 aliphatic carbocycles. The lowest BCUT2D eigenvalue weighted by molar-refractivity contribution is -0.126. The molecule has 0 saturated heterocycles. The summed E-state index contributed by atoms with van der Waals surface area (Å²) in [5, 5.41) is 8.54. The standard InChI is InChI=1S/C31H25N7O2S/c1-3-29(39)37-10-8-20-4-5-21(13-22(20)16-37)27-15-25-30(33-17-34-31(25)41-27)36-23-6-7-26(19(2)12-23)40-24-9-11-38-28(14-24)32-18-35-38/h3-7,9,11-15,17-18H,1,8,10,16H2,2H3,(H,33,34,36). The molecule has 0 unspecified atom stereocenters. The number of amides is 1. The van der Waals surface area contributed by atoms with Crippen LogP contribution in [-0.2, 0) is 17.8 Å². The van der Waals surface area contributed by atoms with E-state index >= 15 is 0 Å². The van der Waals surface area contributed by atoms with Crippen molar-refractivity contribution in [3.05, 3.63) is 103 Å². The number of aromatic nitrogens is 5. The Hall–Kier alpha value is -5.09. The number of hydrogen-bond acceptors (Lipinski definition) is 8. The van der Waals surface area contributed by atoms with Gasteiger partial charge in [-0.25, -0.2) is 19.5 Å². The van der Waals surface area contributed by atoms with E-state index in [1.807, 2.05) is 48.4 Å². The quantitative estimate of drug-likeness (QED) is 0.239. The largest absolute Gasteiger partial charge is 0.457 e. The fraction of sp³-hybridized carbons (Fsp3) is 0.129. The fourth-order valence-corrected chi connectivity index (χ4v) is 6.09. The van der Waals surface area contributed by atoms with Crippen LogP contribution < -0.4 is 10.1 Å². The SMILES string of the molecule is C=CC(=O)N1CCc2ccc(-c3cc4c(Nc5ccc(Oc6ccn7ncnc7c6)c(C)c5)ncnc4s3)cc2C1. The topological polar surface area (TPSA) is 97.5 Å². The minimum Gasteiger partial charge on any atom is -0.457 e. The van der Waals surface area contributed by atoms with Crippen LogP contribution in [0.5, 0.6) is 11.5 Å². The maximum Gasteiger partial charge on any atom is 0.246 e. The molecule has 1 amide bonds. The third-order valence-electron chi connectivity index (χ3n) is 7.24. The zero-order valence-corrected chi connectivity index (χ0v) is 23.1. The van der Waals surface area contributed by atoms with E-state index in [2.05, 4.69) is 56.2 Å². The van der Waals surface area contributed by atoms with Crippen LogP contribution in [0.1, 0.15) is 16.7 Å². The van der Waals surface area contributed by atoms with E-state index in [4.69, 9.17) is 4.74 Å². The first-order valence-corrected chi connectivity index (χ1v) is 14.0. The second-order valence-corrected chi connectivity index (χ2v) is 10.9. The molecule has 0 fully saturated rings. The minimum absolute atomic E-state index is 0.0304. The van der Waals surface area contributed by atoms with E-state index in [0.717, 1.165) is 62.1 Å². The lowest BCUT2D eigenvalue weighted by Crippen LogP contribution is -2.34. The Labute approximate surface area is 239 Å². The van der Waals surface area contributed by atoms with Gasteiger partial charge < -0.3 is 15.0 Å². The molecular weight excluding hydrogens is 534 g/mol. The van der Waals surface area contributed by atoms with Crippen molar-refractivity contribution in [2.24, 2.45) is 0 Å². The van der Waals surface area contributed by atoms with Gasteiger partial charge >= 0.3 is 0 Å². The number of benzene rings is 2. The van der Waals surface area contributed by atoms with E-state index in [1.54, 1.807) is 22.2 Å². The molecule has 1 aliphatic rings. The normalized spacial score (nSPS) is 12.9. The van der Waals surface area contributed by atoms with Gasteiger partial charge in [0.1, 0.15) is 34.8 Å². The first-order valence-electron chi connectivity index (χ1n) is 13.2. The summed E-state index contributed by atoms with van der Waals surface area (Å²) in [6.45, 7) is 6.96. The summed E-state index contributed by atoms with van der Waals surface area (Å²) in [6, 6.07) is 18.3. The lowest BCUT2D eigenvalue weighted by Gasteiger charge is -2.28. The predicted molar refractivity (Wildman–Crippen MR) is 160 cm³/mol. The van der Waals surface area contributed by atoms with Crippen molar-refractivity contribution in [2.75, 3.05) is 11.9 Å². The predicted octanol–water partition coefficient (Wildman–Crippen LogP) is 6.32. The summed E-state index contributed by atoms with van der Waals surface area (Å²) in [6.07, 6.45) is 7.15. The molecule has 4 aromatic heterocycles. The van der Waals surface area contributed by atoms with Gasteiger partial charge in [0.2, 0.25) is 5.91 Å². The average molecular weight is 560 g/mol. The van der Waals surface area contributed by atoms with Gasteiger partial charge in [-0.3, -0.25) is 4.79 Å². The molecule has 6 aromatic rings. The highest BCUT2D eigenvalue weighted by Gasteiger charge is 2.20. The molecule has 0 radical (unpaired) electrons. The molecule has 1 aliphatic heterocycles. The fourth-order valence-electron chi connectivity index (χ4n) is 5.09. The molecule has 9 nitrogen and oxygen atoms in total. The molecule has 0 saturated carbocycles. The van der Waals surface area contributed by atoms with Crippen molar-refractivity contribution < 1.29 is 9.53 Å². The van der Waals surface area contributed by atoms with Gasteiger partial charge in [0.15, 0.2) is 5.65 Å². The van der Waals surface area contributed by atoms with Crippen LogP contribution in [0.2, 0.25) is 0 Å². The Kier molecular flexibility index (Phi) is 6.16. The molecule has 1 N–H and O–H groups in total. The average Bonchev–Trinajstić information content (AvgIpc) is 3.65. The molecule has 0 spiro atoms. The number of hydrogen-bond donors (Lipinski definition) is 1. The van der Waals surface area contributed by atoms with Gasteiger partial charge in [-0.2, -0.15) is 5.10 Å². The zero-order chi connectivity index (χ0) is 27.9. The van der Waals surface area contributed by atoms with Gasteiger partial charge in [-0.1, -0.05) is 18.7 Å². The number of nitrogens with zero attached hydrogens (tertiary/aromatic N) is 6. The van der Waals surface area contributed by atoms with E-state index < -0.39 is 0 Å². The monoisotopic (exact) mass is 559 g/mol. The highest BCUT2D eigenvalue weighted by atomic mass is 32.1. The summed E-state index contributed by atoms with van der Waals surface area (Å²) in [5.74, 6) is 2.16. The molecule has 7 rings (SSSR count). The van der Waals surface area contributed by atoms with E-state index in [9.17, 15) is 4.79 Å². The Balaban J connectivity index is 1.13. The smallest absolute Gasteiger partial charge is 0.246 e. The lowest BCUT2D eigenvalue weighted by atomic mass is 9.96. The molecular formula is C31H25N7O2S. The van der Waals surface area contributed by atoms with Crippen LogP contribution in [0, 0.1) is 6.92 Å². The van der Waals surface area contributed by atoms with Gasteiger partial charge in [-0.15, -0.1) is 11.3 Å². The molecule has 202 valence electrons. The molecule has 0 atom stereocenters. The van der Waals surface area contributed by atoms with Gasteiger partial charge in [0.25, 0.3) is 0 Å². The Morgan fingerprint density at radius 3 is 2.85 bits per heavy atom. The molecule has 0 bridgehead atoms. The van der Waals surface area contributed by atoms with Crippen molar-refractivity contribution in [1.82, 2.24) is 29.5 Å². The van der Waals surface area contributed by atoms with Crippen molar-refractivity contribution in [2.45, 2.75) is 19.9 Å². The Morgan fingerprint density at radius 2 is 1.98 bits per heavy atom. The Bertz CT molecular complexity index is 1960. The van der Waals surface area contributed by atoms with Crippen molar-refractivity contribution in [3.8, 4) is 21.9 Å². The molecule has 41 heavy (non-hydrogen) atoms. The van der Waals surface area contributed by atoms with Crippen LogP contribution in [0.3, 0.4) is 0 Å². The van der Waals surface area contributed by atoms with Crippen molar-refractivity contribution in [1.29, 1.82) is 0 Å². The number of pyridine rings is 1. The number of rotatable bonds is 6. The number of ether oxygens (including phenoxy) is 1. The maximum atomic E-state index is 12.2. The third-order valence-corrected chi connectivity index (χ3v) is 8.33. The summed E-state index contributed by atoms with van der Waals surface area (Å²) in [7, 11) is 0. The van der Waals surface area contributed by atoms with Gasteiger partial charge in [0.05, 0.1) is 5.39 Å². The van der Waals surface area contributed by atoms with Crippen LogP contribution in [0.25, 0.3) is 26.3 Å². The van der Waals surface area contributed by atoms with Crippen molar-refractivity contribution in [3.63, 3.8) is 0 Å². The number of thiophene rings is 1. The Morgan fingerprint density at radius 1 is 1.05 bits per heavy atom. The highest BCUT2D eigenvalue weighted by Crippen LogP contribution is 2.37. The zero-order valence-electron chi connectivity index (χ0n) is 22.2. The number of carbonyl (C=O) groups excluding carboxylic acids is 1. The highest BCUT2D eigenvalue weighted by molar-refractivity contribution is 7.21. The first kappa shape index (κ1) is 24.9. The van der Waals surface area contributed by atoms with E-state index in [1.165, 1.54) is 23.5 Å². The van der Waals surface area contributed by atoms with E-state index in [0.29, 0.717) is 12.3 Å². The number of anilines is 2. The third kappa shape index (κ3) is 4.78. The molecule has 10 heteroatoms. The molecule has 5 heterocycles. The summed E-state index contributed by atoms with van der Waals surface area (Å²) >= 11 is 1.63. The van der Waals surface area contributed by atoms with Crippen LogP contribution in [-0.4, -0.2) is 41.9 Å². The first-order chi connectivity index (χ1) is 20.0. The van der Waals surface area contributed by atoms with Crippen LogP contribution >= 0.6 is 11.3 Å². The minimum atomic E-state index is -0.0304. The summed E-state index contributed by atoms with van der Waals surface area (Å²) < 4.78 is 7.81.